The van der Waals surface area contributed by atoms with E-state index in [4.69, 9.17) is 5.26 Å². The molecular weight excluding hydrogens is 340 g/mol. The van der Waals surface area contributed by atoms with Gasteiger partial charge in [0.05, 0.1) is 6.07 Å². The summed E-state index contributed by atoms with van der Waals surface area (Å²) in [4.78, 5) is 13.9. The van der Waals surface area contributed by atoms with Crippen molar-refractivity contribution in [2.24, 2.45) is 5.92 Å². The predicted molar refractivity (Wildman–Crippen MR) is 107 cm³/mol. The summed E-state index contributed by atoms with van der Waals surface area (Å²) >= 11 is 1.74. The molecule has 2 aromatic rings. The summed E-state index contributed by atoms with van der Waals surface area (Å²) in [6, 6.07) is 19.0. The van der Waals surface area contributed by atoms with E-state index in [-0.39, 0.29) is 24.3 Å². The van der Waals surface area contributed by atoms with Gasteiger partial charge in [-0.15, -0.1) is 11.8 Å². The normalized spacial score (nSPS) is 19.5. The molecular formula is C22H24N2OS. The molecule has 0 aromatic heterocycles. The van der Waals surface area contributed by atoms with Gasteiger partial charge in [0.25, 0.3) is 0 Å². The summed E-state index contributed by atoms with van der Waals surface area (Å²) in [5.41, 5.74) is 3.67. The molecule has 3 nitrogen and oxygen atoms in total. The molecule has 0 radical (unpaired) electrons. The van der Waals surface area contributed by atoms with Gasteiger partial charge < -0.3 is 5.32 Å². The highest BCUT2D eigenvalue weighted by molar-refractivity contribution is 7.98. The maximum Gasteiger partial charge on any atom is 0.224 e. The van der Waals surface area contributed by atoms with Crippen LogP contribution >= 0.6 is 11.8 Å². The first-order valence-corrected chi connectivity index (χ1v) is 10.3. The van der Waals surface area contributed by atoms with E-state index < -0.39 is 0 Å². The second kappa shape index (κ2) is 8.91. The lowest BCUT2D eigenvalue weighted by atomic mass is 9.73. The minimum Gasteiger partial charge on any atom is -0.343 e. The second-order valence-electron chi connectivity index (χ2n) is 6.69. The van der Waals surface area contributed by atoms with E-state index >= 15 is 0 Å². The molecule has 1 N–H and O–H groups in total. The summed E-state index contributed by atoms with van der Waals surface area (Å²) in [5, 5.41) is 11.5. The highest BCUT2D eigenvalue weighted by Gasteiger charge is 2.33. The zero-order valence-electron chi connectivity index (χ0n) is 15.1. The molecule has 2 atom stereocenters. The number of nitrogens with zero attached hydrogens (tertiary/aromatic N) is 1. The van der Waals surface area contributed by atoms with Crippen LogP contribution in [0.1, 0.15) is 37.2 Å². The first-order chi connectivity index (χ1) is 12.7. The number of amides is 1. The van der Waals surface area contributed by atoms with Gasteiger partial charge in [0.2, 0.25) is 5.91 Å². The summed E-state index contributed by atoms with van der Waals surface area (Å²) in [6.07, 6.45) is 6.21. The molecule has 0 spiro atoms. The van der Waals surface area contributed by atoms with Gasteiger partial charge in [0, 0.05) is 10.8 Å². The topological polar surface area (TPSA) is 52.9 Å². The summed E-state index contributed by atoms with van der Waals surface area (Å²) in [7, 11) is 0. The molecule has 0 saturated heterocycles. The summed E-state index contributed by atoms with van der Waals surface area (Å²) < 4.78 is 0. The number of rotatable bonds is 5. The van der Waals surface area contributed by atoms with Gasteiger partial charge >= 0.3 is 0 Å². The molecule has 0 heterocycles. The van der Waals surface area contributed by atoms with Crippen LogP contribution in [0.4, 0.5) is 0 Å². The number of carbonyl (C=O) groups excluding carboxylic acids is 1. The van der Waals surface area contributed by atoms with Crippen molar-refractivity contribution in [2.45, 2.75) is 36.5 Å². The third-order valence-electron chi connectivity index (χ3n) is 5.19. The number of carbonyl (C=O) groups is 1. The third-order valence-corrected chi connectivity index (χ3v) is 5.91. The highest BCUT2D eigenvalue weighted by Crippen LogP contribution is 2.42. The Morgan fingerprint density at radius 3 is 2.81 bits per heavy atom. The fraction of sp³-hybridized carbons (Fsp3) is 0.364. The standard InChI is InChI=1S/C22H24N2OS/c1-26-17-8-6-7-16(15-17)18-9-2-3-10-19(18)20-11-4-5-12-21(20)22(25)24-14-13-23/h2-3,6-10,15,20-21H,4-5,11-12,14H2,1H3,(H,24,25). The van der Waals surface area contributed by atoms with Crippen LogP contribution in [0.2, 0.25) is 0 Å². The molecule has 1 amide bonds. The van der Waals surface area contributed by atoms with Gasteiger partial charge in [0.1, 0.15) is 6.54 Å². The van der Waals surface area contributed by atoms with E-state index in [2.05, 4.69) is 60.1 Å². The predicted octanol–water partition coefficient (Wildman–Crippen LogP) is 4.99. The van der Waals surface area contributed by atoms with Crippen LogP contribution in [-0.2, 0) is 4.79 Å². The molecule has 0 aliphatic heterocycles. The molecule has 2 unspecified atom stereocenters. The van der Waals surface area contributed by atoms with E-state index in [1.165, 1.54) is 21.6 Å². The van der Waals surface area contributed by atoms with Gasteiger partial charge in [0.15, 0.2) is 0 Å². The molecule has 4 heteroatoms. The van der Waals surface area contributed by atoms with Crippen LogP contribution in [0, 0.1) is 17.2 Å². The monoisotopic (exact) mass is 364 g/mol. The van der Waals surface area contributed by atoms with Crippen LogP contribution in [0.15, 0.2) is 53.4 Å². The van der Waals surface area contributed by atoms with Crippen molar-refractivity contribution in [1.29, 1.82) is 5.26 Å². The van der Waals surface area contributed by atoms with Crippen LogP contribution in [0.3, 0.4) is 0 Å². The summed E-state index contributed by atoms with van der Waals surface area (Å²) in [6.45, 7) is 0.0828. The smallest absolute Gasteiger partial charge is 0.224 e. The minimum atomic E-state index is -0.0537. The zero-order chi connectivity index (χ0) is 18.4. The Bertz CT molecular complexity index is 812. The van der Waals surface area contributed by atoms with E-state index in [0.29, 0.717) is 0 Å². The zero-order valence-corrected chi connectivity index (χ0v) is 15.9. The second-order valence-corrected chi connectivity index (χ2v) is 7.57. The number of hydrogen-bond donors (Lipinski definition) is 1. The van der Waals surface area contributed by atoms with Crippen molar-refractivity contribution in [3.63, 3.8) is 0 Å². The van der Waals surface area contributed by atoms with Gasteiger partial charge in [-0.25, -0.2) is 0 Å². The molecule has 1 aliphatic rings. The number of nitriles is 1. The quantitative estimate of drug-likeness (QED) is 0.601. The van der Waals surface area contributed by atoms with E-state index in [1.807, 2.05) is 6.07 Å². The Balaban J connectivity index is 1.97. The largest absolute Gasteiger partial charge is 0.343 e. The van der Waals surface area contributed by atoms with Crippen molar-refractivity contribution >= 4 is 17.7 Å². The third kappa shape index (κ3) is 4.11. The van der Waals surface area contributed by atoms with Crippen molar-refractivity contribution in [2.75, 3.05) is 12.8 Å². The average Bonchev–Trinajstić information content (AvgIpc) is 2.72. The first-order valence-electron chi connectivity index (χ1n) is 9.12. The van der Waals surface area contributed by atoms with E-state index in [0.717, 1.165) is 25.7 Å². The number of thioether (sulfide) groups is 1. The van der Waals surface area contributed by atoms with Gasteiger partial charge in [-0.3, -0.25) is 4.79 Å². The van der Waals surface area contributed by atoms with Gasteiger partial charge in [-0.1, -0.05) is 49.2 Å². The molecule has 1 aliphatic carbocycles. The highest BCUT2D eigenvalue weighted by atomic mass is 32.2. The minimum absolute atomic E-state index is 0.0175. The van der Waals surface area contributed by atoms with Crippen LogP contribution in [-0.4, -0.2) is 18.7 Å². The van der Waals surface area contributed by atoms with Gasteiger partial charge in [-0.05, 0) is 53.8 Å². The molecule has 1 saturated carbocycles. The molecule has 3 rings (SSSR count). The molecule has 0 bridgehead atoms. The molecule has 1 fully saturated rings. The fourth-order valence-electron chi connectivity index (χ4n) is 3.95. The maximum absolute atomic E-state index is 12.6. The molecule has 26 heavy (non-hydrogen) atoms. The van der Waals surface area contributed by atoms with Crippen LogP contribution in [0.5, 0.6) is 0 Å². The lowest BCUT2D eigenvalue weighted by Crippen LogP contribution is -2.36. The maximum atomic E-state index is 12.6. The number of hydrogen-bond acceptors (Lipinski definition) is 3. The Morgan fingerprint density at radius 1 is 1.19 bits per heavy atom. The lowest BCUT2D eigenvalue weighted by Gasteiger charge is -2.32. The molecule has 2 aromatic carbocycles. The first kappa shape index (κ1) is 18.5. The van der Waals surface area contributed by atoms with Crippen LogP contribution < -0.4 is 5.32 Å². The Kier molecular flexibility index (Phi) is 6.35. The molecule has 134 valence electrons. The van der Waals surface area contributed by atoms with E-state index in [9.17, 15) is 4.79 Å². The average molecular weight is 365 g/mol. The van der Waals surface area contributed by atoms with Crippen molar-refractivity contribution < 1.29 is 4.79 Å². The van der Waals surface area contributed by atoms with Gasteiger partial charge in [-0.2, -0.15) is 5.26 Å². The Hall–Kier alpha value is -2.25. The number of benzene rings is 2. The Morgan fingerprint density at radius 2 is 2.00 bits per heavy atom. The Labute approximate surface area is 159 Å². The van der Waals surface area contributed by atoms with Crippen molar-refractivity contribution in [3.8, 4) is 17.2 Å². The van der Waals surface area contributed by atoms with Crippen LogP contribution in [0.25, 0.3) is 11.1 Å². The van der Waals surface area contributed by atoms with Crippen molar-refractivity contribution in [1.82, 2.24) is 5.32 Å². The number of nitrogens with one attached hydrogen (secondary N) is 1. The van der Waals surface area contributed by atoms with E-state index in [1.54, 1.807) is 11.8 Å². The lowest BCUT2D eigenvalue weighted by molar-refractivity contribution is -0.126. The van der Waals surface area contributed by atoms with Crippen molar-refractivity contribution in [3.05, 3.63) is 54.1 Å². The SMILES string of the molecule is CSc1cccc(-c2ccccc2C2CCCCC2C(=O)NCC#N)c1. The summed E-state index contributed by atoms with van der Waals surface area (Å²) in [5.74, 6) is 0.169. The fourth-order valence-corrected chi connectivity index (χ4v) is 4.41.